The number of benzene rings is 1. The number of hydrogen-bond donors (Lipinski definition) is 2. The second kappa shape index (κ2) is 3.50. The van der Waals surface area contributed by atoms with Crippen molar-refractivity contribution < 1.29 is 0 Å². The highest BCUT2D eigenvalue weighted by Crippen LogP contribution is 2.44. The number of nitrogens with one attached hydrogen (secondary N) is 2. The van der Waals surface area contributed by atoms with Gasteiger partial charge in [0.15, 0.2) is 0 Å². The minimum Gasteiger partial charge on any atom is -0.381 e. The fourth-order valence-electron chi connectivity index (χ4n) is 2.71. The van der Waals surface area contributed by atoms with Gasteiger partial charge in [0.25, 0.3) is 0 Å². The number of fused-ring (bicyclic) bond motifs is 1. The van der Waals surface area contributed by atoms with Crippen molar-refractivity contribution in [3.05, 3.63) is 29.3 Å². The van der Waals surface area contributed by atoms with E-state index in [1.165, 1.54) is 5.69 Å². The Kier molecular flexibility index (Phi) is 2.12. The maximum absolute atomic E-state index is 8.80. The van der Waals surface area contributed by atoms with E-state index in [2.05, 4.69) is 23.6 Å². The fraction of sp³-hybridized carbons (Fsp3) is 0.462. The summed E-state index contributed by atoms with van der Waals surface area (Å²) in [7, 11) is 0. The molecular formula is C13H15N3. The Balaban J connectivity index is 1.74. The van der Waals surface area contributed by atoms with Gasteiger partial charge in [0, 0.05) is 24.8 Å². The quantitative estimate of drug-likeness (QED) is 0.782. The average molecular weight is 213 g/mol. The van der Waals surface area contributed by atoms with Gasteiger partial charge in [-0.15, -0.1) is 0 Å². The van der Waals surface area contributed by atoms with Crippen molar-refractivity contribution in [2.24, 2.45) is 11.8 Å². The first-order chi connectivity index (χ1) is 7.79. The standard InChI is InChI=1S/C13H15N3/c1-8-4-9(5-14)2-3-12(8)16-13-10-6-15-7-11(10)13/h2-4,10-11,13,15-16H,6-7H2,1H3. The molecule has 3 nitrogen and oxygen atoms in total. The van der Waals surface area contributed by atoms with E-state index in [-0.39, 0.29) is 0 Å². The van der Waals surface area contributed by atoms with Gasteiger partial charge in [0.2, 0.25) is 0 Å². The Morgan fingerprint density at radius 1 is 1.38 bits per heavy atom. The molecule has 1 aromatic rings. The summed E-state index contributed by atoms with van der Waals surface area (Å²) in [6, 6.07) is 8.66. The van der Waals surface area contributed by atoms with Crippen LogP contribution in [0.2, 0.25) is 0 Å². The highest BCUT2D eigenvalue weighted by Gasteiger charge is 2.52. The number of rotatable bonds is 2. The largest absolute Gasteiger partial charge is 0.381 e. The van der Waals surface area contributed by atoms with E-state index in [1.54, 1.807) is 0 Å². The van der Waals surface area contributed by atoms with Crippen LogP contribution in [0, 0.1) is 30.1 Å². The van der Waals surface area contributed by atoms with Gasteiger partial charge in [-0.05, 0) is 42.5 Å². The average Bonchev–Trinajstić information content (AvgIpc) is 2.75. The van der Waals surface area contributed by atoms with Crippen LogP contribution in [0.25, 0.3) is 0 Å². The lowest BCUT2D eigenvalue weighted by Crippen LogP contribution is -2.21. The molecule has 3 rings (SSSR count). The minimum atomic E-state index is 0.646. The molecule has 2 aliphatic rings. The lowest BCUT2D eigenvalue weighted by atomic mass is 10.1. The monoisotopic (exact) mass is 213 g/mol. The smallest absolute Gasteiger partial charge is 0.0991 e. The summed E-state index contributed by atoms with van der Waals surface area (Å²) in [4.78, 5) is 0. The molecule has 82 valence electrons. The second-order valence-corrected chi connectivity index (χ2v) is 4.80. The molecule has 1 aromatic carbocycles. The molecule has 2 atom stereocenters. The molecule has 2 unspecified atom stereocenters. The first-order valence-electron chi connectivity index (χ1n) is 5.77. The molecule has 1 aliphatic carbocycles. The lowest BCUT2D eigenvalue weighted by Gasteiger charge is -2.11. The summed E-state index contributed by atoms with van der Waals surface area (Å²) in [5.41, 5.74) is 3.08. The molecule has 1 saturated heterocycles. The van der Waals surface area contributed by atoms with E-state index >= 15 is 0 Å². The van der Waals surface area contributed by atoms with Crippen molar-refractivity contribution in [3.63, 3.8) is 0 Å². The number of nitriles is 1. The highest BCUT2D eigenvalue weighted by molar-refractivity contribution is 5.55. The first-order valence-corrected chi connectivity index (χ1v) is 5.77. The maximum Gasteiger partial charge on any atom is 0.0991 e. The van der Waals surface area contributed by atoms with Crippen molar-refractivity contribution in [3.8, 4) is 6.07 Å². The van der Waals surface area contributed by atoms with E-state index in [0.717, 1.165) is 36.1 Å². The van der Waals surface area contributed by atoms with Crippen LogP contribution >= 0.6 is 0 Å². The van der Waals surface area contributed by atoms with Crippen LogP contribution in [0.4, 0.5) is 5.69 Å². The molecule has 1 aliphatic heterocycles. The van der Waals surface area contributed by atoms with E-state index in [9.17, 15) is 0 Å². The zero-order valence-electron chi connectivity index (χ0n) is 9.33. The predicted molar refractivity (Wildman–Crippen MR) is 63.2 cm³/mol. The van der Waals surface area contributed by atoms with Crippen molar-refractivity contribution in [1.29, 1.82) is 5.26 Å². The second-order valence-electron chi connectivity index (χ2n) is 4.80. The van der Waals surface area contributed by atoms with Crippen LogP contribution < -0.4 is 10.6 Å². The fourth-order valence-corrected chi connectivity index (χ4v) is 2.71. The Labute approximate surface area is 95.5 Å². The Bertz CT molecular complexity index is 451. The summed E-state index contributed by atoms with van der Waals surface area (Å²) in [5.74, 6) is 1.63. The van der Waals surface area contributed by atoms with Crippen LogP contribution in [0.1, 0.15) is 11.1 Å². The molecular weight excluding hydrogens is 198 g/mol. The Morgan fingerprint density at radius 3 is 2.75 bits per heavy atom. The molecule has 0 aromatic heterocycles. The van der Waals surface area contributed by atoms with Crippen molar-refractivity contribution in [2.75, 3.05) is 18.4 Å². The van der Waals surface area contributed by atoms with Crippen molar-refractivity contribution >= 4 is 5.69 Å². The predicted octanol–water partition coefficient (Wildman–Crippen LogP) is 1.50. The molecule has 1 heterocycles. The number of hydrogen-bond acceptors (Lipinski definition) is 3. The normalized spacial score (nSPS) is 30.6. The summed E-state index contributed by atoms with van der Waals surface area (Å²) >= 11 is 0. The molecule has 1 saturated carbocycles. The van der Waals surface area contributed by atoms with Gasteiger partial charge in [-0.3, -0.25) is 0 Å². The molecule has 0 radical (unpaired) electrons. The molecule has 0 amide bonds. The lowest BCUT2D eigenvalue weighted by molar-refractivity contribution is 0.697. The topological polar surface area (TPSA) is 47.9 Å². The highest BCUT2D eigenvalue weighted by atomic mass is 15.1. The molecule has 16 heavy (non-hydrogen) atoms. The summed E-state index contributed by atoms with van der Waals surface area (Å²) in [6.07, 6.45) is 0. The van der Waals surface area contributed by atoms with Gasteiger partial charge in [-0.1, -0.05) is 0 Å². The molecule has 2 N–H and O–H groups in total. The zero-order valence-corrected chi connectivity index (χ0v) is 9.33. The van der Waals surface area contributed by atoms with Gasteiger partial charge in [0.05, 0.1) is 11.6 Å². The van der Waals surface area contributed by atoms with Gasteiger partial charge < -0.3 is 10.6 Å². The molecule has 0 spiro atoms. The Morgan fingerprint density at radius 2 is 2.12 bits per heavy atom. The van der Waals surface area contributed by atoms with E-state index in [0.29, 0.717) is 6.04 Å². The van der Waals surface area contributed by atoms with Crippen LogP contribution in [-0.4, -0.2) is 19.1 Å². The number of piperidine rings is 1. The number of nitrogens with zero attached hydrogens (tertiary/aromatic N) is 1. The van der Waals surface area contributed by atoms with Crippen LogP contribution in [0.15, 0.2) is 18.2 Å². The third kappa shape index (κ3) is 1.46. The minimum absolute atomic E-state index is 0.646. The number of anilines is 1. The maximum atomic E-state index is 8.80. The van der Waals surface area contributed by atoms with Crippen LogP contribution in [0.3, 0.4) is 0 Å². The van der Waals surface area contributed by atoms with Gasteiger partial charge in [-0.25, -0.2) is 0 Å². The Hall–Kier alpha value is -1.53. The summed E-state index contributed by atoms with van der Waals surface area (Å²) in [5, 5.41) is 15.8. The van der Waals surface area contributed by atoms with E-state index in [1.807, 2.05) is 18.2 Å². The van der Waals surface area contributed by atoms with E-state index < -0.39 is 0 Å². The van der Waals surface area contributed by atoms with Gasteiger partial charge in [-0.2, -0.15) is 5.26 Å². The first kappa shape index (κ1) is 9.68. The van der Waals surface area contributed by atoms with Crippen LogP contribution in [0.5, 0.6) is 0 Å². The van der Waals surface area contributed by atoms with Crippen molar-refractivity contribution in [1.82, 2.24) is 5.32 Å². The molecule has 3 heteroatoms. The number of aryl methyl sites for hydroxylation is 1. The molecule has 2 fully saturated rings. The third-order valence-corrected chi connectivity index (χ3v) is 3.77. The summed E-state index contributed by atoms with van der Waals surface area (Å²) in [6.45, 7) is 4.36. The summed E-state index contributed by atoms with van der Waals surface area (Å²) < 4.78 is 0. The SMILES string of the molecule is Cc1cc(C#N)ccc1NC1C2CNCC21. The third-order valence-electron chi connectivity index (χ3n) is 3.77. The van der Waals surface area contributed by atoms with Crippen molar-refractivity contribution in [2.45, 2.75) is 13.0 Å². The van der Waals surface area contributed by atoms with Gasteiger partial charge >= 0.3 is 0 Å². The zero-order chi connectivity index (χ0) is 11.1. The van der Waals surface area contributed by atoms with Crippen LogP contribution in [-0.2, 0) is 0 Å². The molecule has 0 bridgehead atoms. The van der Waals surface area contributed by atoms with E-state index in [4.69, 9.17) is 5.26 Å². The van der Waals surface area contributed by atoms with Gasteiger partial charge in [0.1, 0.15) is 0 Å².